The highest BCUT2D eigenvalue weighted by Crippen LogP contribution is 2.35. The molecule has 1 radical (unpaired) electrons. The van der Waals surface area contributed by atoms with Crippen LogP contribution < -0.4 is 0 Å². The minimum absolute atomic E-state index is 0.0476. The quantitative estimate of drug-likeness (QED) is 0.535. The third-order valence-electron chi connectivity index (χ3n) is 4.44. The predicted molar refractivity (Wildman–Crippen MR) is 87.5 cm³/mol. The lowest BCUT2D eigenvalue weighted by Gasteiger charge is -2.36. The van der Waals surface area contributed by atoms with Gasteiger partial charge in [0.15, 0.2) is 7.28 Å². The van der Waals surface area contributed by atoms with Gasteiger partial charge in [0, 0.05) is 23.1 Å². The smallest absolute Gasteiger partial charge is 0.243 e. The average Bonchev–Trinajstić information content (AvgIpc) is 2.71. The fourth-order valence-corrected chi connectivity index (χ4v) is 3.63. The van der Waals surface area contributed by atoms with Crippen molar-refractivity contribution in [2.24, 2.45) is 5.41 Å². The zero-order chi connectivity index (χ0) is 16.4. The van der Waals surface area contributed by atoms with Crippen LogP contribution in [-0.4, -0.2) is 46.2 Å². The maximum atomic E-state index is 12.5. The number of carbonyl (C=O) groups excluding carboxylic acids is 3. The van der Waals surface area contributed by atoms with E-state index in [0.717, 1.165) is 6.42 Å². The number of amides is 2. The lowest BCUT2D eigenvalue weighted by molar-refractivity contribution is -0.144. The van der Waals surface area contributed by atoms with E-state index in [4.69, 9.17) is 0 Å². The van der Waals surface area contributed by atoms with Gasteiger partial charge in [-0.15, -0.1) is 11.8 Å². The lowest BCUT2D eigenvalue weighted by Crippen LogP contribution is -2.51. The Bertz CT molecular complexity index is 439. The van der Waals surface area contributed by atoms with Gasteiger partial charge < -0.3 is 4.79 Å². The Labute approximate surface area is 132 Å². The highest BCUT2D eigenvalue weighted by atomic mass is 32.2. The Morgan fingerprint density at radius 2 is 2.00 bits per heavy atom. The Kier molecular flexibility index (Phi) is 6.08. The zero-order valence-corrected chi connectivity index (χ0v) is 14.6. The van der Waals surface area contributed by atoms with Crippen LogP contribution in [0.5, 0.6) is 0 Å². The van der Waals surface area contributed by atoms with Gasteiger partial charge in [-0.1, -0.05) is 34.5 Å². The molecule has 1 rings (SSSR count). The largest absolute Gasteiger partial charge is 0.311 e. The van der Waals surface area contributed by atoms with Gasteiger partial charge in [-0.2, -0.15) is 0 Å². The first kappa shape index (κ1) is 18.3. The monoisotopic (exact) mass is 310 g/mol. The number of nitrogens with zero attached hydrogens (tertiary/aromatic N) is 1. The molecule has 0 aromatic carbocycles. The van der Waals surface area contributed by atoms with Crippen molar-refractivity contribution in [3.05, 3.63) is 0 Å². The van der Waals surface area contributed by atoms with Crippen LogP contribution in [0.25, 0.3) is 0 Å². The molecule has 0 aromatic heterocycles. The molecule has 0 aliphatic carbocycles. The van der Waals surface area contributed by atoms with Gasteiger partial charge in [0.1, 0.15) is 0 Å². The third-order valence-corrected chi connectivity index (χ3v) is 5.94. The number of hydrogen-bond donors (Lipinski definition) is 0. The lowest BCUT2D eigenvalue weighted by atomic mass is 9.62. The average molecular weight is 310 g/mol. The van der Waals surface area contributed by atoms with Gasteiger partial charge in [-0.3, -0.25) is 14.5 Å². The van der Waals surface area contributed by atoms with Crippen molar-refractivity contribution in [2.45, 2.75) is 70.8 Å². The second-order valence-electron chi connectivity index (χ2n) is 6.20. The summed E-state index contributed by atoms with van der Waals surface area (Å²) >= 11 is 1.56. The van der Waals surface area contributed by atoms with Gasteiger partial charge in [0.25, 0.3) is 0 Å². The number of imide groups is 1. The molecule has 0 aromatic rings. The Balaban J connectivity index is 2.91. The summed E-state index contributed by atoms with van der Waals surface area (Å²) in [5.74, 6) is -0.306. The normalized spacial score (nSPS) is 22.4. The van der Waals surface area contributed by atoms with Crippen LogP contribution in [0, 0.1) is 5.41 Å². The van der Waals surface area contributed by atoms with E-state index < -0.39 is 11.5 Å². The van der Waals surface area contributed by atoms with Crippen molar-refractivity contribution in [3.63, 3.8) is 0 Å². The molecule has 0 saturated carbocycles. The molecule has 0 spiro atoms. The summed E-state index contributed by atoms with van der Waals surface area (Å²) in [5.41, 5.74) is -0.802. The highest BCUT2D eigenvalue weighted by molar-refractivity contribution is 8.01. The second-order valence-corrected chi connectivity index (χ2v) is 7.85. The number of thioether (sulfide) groups is 1. The van der Waals surface area contributed by atoms with E-state index in [-0.39, 0.29) is 29.2 Å². The van der Waals surface area contributed by atoms with Gasteiger partial charge in [0.05, 0.1) is 10.9 Å². The van der Waals surface area contributed by atoms with E-state index >= 15 is 0 Å². The molecule has 4 nitrogen and oxygen atoms in total. The zero-order valence-electron chi connectivity index (χ0n) is 13.8. The number of rotatable bonds is 7. The molecular weight excluding hydrogens is 285 g/mol. The van der Waals surface area contributed by atoms with Gasteiger partial charge in [-0.05, 0) is 13.3 Å². The molecular formula is C15H25BNO3S. The fraction of sp³-hybridized carbons (Fsp3) is 0.800. The first-order valence-electron chi connectivity index (χ1n) is 7.51. The van der Waals surface area contributed by atoms with Crippen molar-refractivity contribution < 1.29 is 14.4 Å². The van der Waals surface area contributed by atoms with E-state index in [9.17, 15) is 14.4 Å². The van der Waals surface area contributed by atoms with Crippen LogP contribution >= 0.6 is 11.8 Å². The Hall–Kier alpha value is -0.775. The van der Waals surface area contributed by atoms with Crippen molar-refractivity contribution in [3.8, 4) is 0 Å². The Morgan fingerprint density at radius 3 is 2.48 bits per heavy atom. The third kappa shape index (κ3) is 3.71. The standard InChI is InChI=1S/C15H25BNO3S/c1-7-9(2)21-11-8-12(18)17(13(11)19)10(3)15(4,5)14(20)16-6/h9-11H,7-8H2,1-6H3. The van der Waals surface area contributed by atoms with Crippen LogP contribution in [0.4, 0.5) is 0 Å². The van der Waals surface area contributed by atoms with E-state index in [0.29, 0.717) is 5.25 Å². The number of carbonyl (C=O) groups is 3. The van der Waals surface area contributed by atoms with E-state index in [1.54, 1.807) is 39.4 Å². The molecule has 6 heteroatoms. The molecule has 1 aliphatic rings. The van der Waals surface area contributed by atoms with E-state index in [1.165, 1.54) is 12.2 Å². The van der Waals surface area contributed by atoms with Crippen molar-refractivity contribution >= 4 is 36.5 Å². The Morgan fingerprint density at radius 1 is 1.43 bits per heavy atom. The van der Waals surface area contributed by atoms with Crippen LogP contribution in [0.2, 0.25) is 6.82 Å². The first-order valence-corrected chi connectivity index (χ1v) is 8.46. The van der Waals surface area contributed by atoms with Gasteiger partial charge in [0.2, 0.25) is 11.8 Å². The van der Waals surface area contributed by atoms with Crippen LogP contribution in [0.1, 0.15) is 47.5 Å². The van der Waals surface area contributed by atoms with Gasteiger partial charge in [-0.25, -0.2) is 0 Å². The molecule has 1 saturated heterocycles. The summed E-state index contributed by atoms with van der Waals surface area (Å²) in [5, 5.41) is 0.0482. The number of likely N-dealkylation sites (tertiary alicyclic amines) is 1. The highest BCUT2D eigenvalue weighted by Gasteiger charge is 2.47. The van der Waals surface area contributed by atoms with E-state index in [2.05, 4.69) is 13.8 Å². The molecule has 2 amide bonds. The molecule has 1 fully saturated rings. The molecule has 1 aliphatic heterocycles. The summed E-state index contributed by atoms with van der Waals surface area (Å²) in [7, 11) is 1.51. The maximum absolute atomic E-state index is 12.5. The summed E-state index contributed by atoms with van der Waals surface area (Å²) in [6.45, 7) is 11.2. The molecule has 117 valence electrons. The van der Waals surface area contributed by atoms with Crippen LogP contribution in [0.15, 0.2) is 0 Å². The summed E-state index contributed by atoms with van der Waals surface area (Å²) < 4.78 is 0. The molecule has 1 heterocycles. The van der Waals surface area contributed by atoms with Crippen molar-refractivity contribution in [1.82, 2.24) is 4.90 Å². The summed E-state index contributed by atoms with van der Waals surface area (Å²) in [6.07, 6.45) is 1.21. The summed E-state index contributed by atoms with van der Waals surface area (Å²) in [4.78, 5) is 38.1. The molecule has 21 heavy (non-hydrogen) atoms. The topological polar surface area (TPSA) is 54.5 Å². The molecule has 3 atom stereocenters. The second kappa shape index (κ2) is 6.99. The SMILES string of the molecule is C[B]C(=O)C(C)(C)C(C)N1C(=O)CC(SC(C)CC)C1=O. The molecule has 0 N–H and O–H groups in total. The van der Waals surface area contributed by atoms with E-state index in [1.807, 2.05) is 0 Å². The van der Waals surface area contributed by atoms with Crippen molar-refractivity contribution in [1.29, 1.82) is 0 Å². The molecule has 0 bridgehead atoms. The molecule has 3 unspecified atom stereocenters. The maximum Gasteiger partial charge on any atom is 0.243 e. The fourth-order valence-electron chi connectivity index (χ4n) is 2.41. The van der Waals surface area contributed by atoms with Gasteiger partial charge >= 0.3 is 0 Å². The van der Waals surface area contributed by atoms with Crippen LogP contribution in [0.3, 0.4) is 0 Å². The predicted octanol–water partition coefficient (Wildman–Crippen LogP) is 2.34. The number of hydrogen-bond acceptors (Lipinski definition) is 4. The van der Waals surface area contributed by atoms with Crippen LogP contribution in [-0.2, 0) is 14.4 Å². The minimum atomic E-state index is -0.754. The summed E-state index contributed by atoms with van der Waals surface area (Å²) in [6, 6.07) is -0.427. The van der Waals surface area contributed by atoms with Crippen molar-refractivity contribution in [2.75, 3.05) is 0 Å². The minimum Gasteiger partial charge on any atom is -0.311 e. The first-order chi connectivity index (χ1) is 9.66.